The number of carbonyl (C=O) groups is 15. The molecule has 0 fully saturated rings. The Labute approximate surface area is 865 Å². The number of carboxylic acids is 1. The molecule has 0 bridgehead atoms. The summed E-state index contributed by atoms with van der Waals surface area (Å²) in [5, 5.41) is 39.8. The smallest absolute Gasteiger partial charge is 0.320 e. The third-order valence-electron chi connectivity index (χ3n) is 25.0. The number of nitrogens with zero attached hydrogens (tertiary/aromatic N) is 1. The molecule has 0 heterocycles. The van der Waals surface area contributed by atoms with Crippen LogP contribution < -0.4 is 122 Å². The van der Waals surface area contributed by atoms with Crippen LogP contribution in [-0.4, -0.2) is 297 Å². The zero-order valence-electron chi connectivity index (χ0n) is 87.9. The second-order valence-corrected chi connectivity index (χ2v) is 44.8. The number of quaternary nitrogens is 11. The van der Waals surface area contributed by atoms with Crippen LogP contribution in [0.25, 0.3) is 0 Å². The van der Waals surface area contributed by atoms with E-state index in [1.54, 1.807) is 27.7 Å². The molecule has 42 nitrogen and oxygen atoms in total. The molecule has 142 heavy (non-hydrogen) atoms. The lowest BCUT2D eigenvalue weighted by Crippen LogP contribution is -2.70. The van der Waals surface area contributed by atoms with Gasteiger partial charge in [-0.1, -0.05) is 86.1 Å². The summed E-state index contributed by atoms with van der Waals surface area (Å²) in [4.78, 5) is 219. The van der Waals surface area contributed by atoms with Gasteiger partial charge in [-0.3, -0.25) is 71.9 Å². The van der Waals surface area contributed by atoms with Crippen LogP contribution in [-0.2, 0) is 86.1 Å². The predicted molar refractivity (Wildman–Crippen MR) is 555 cm³/mol. The lowest BCUT2D eigenvalue weighted by molar-refractivity contribution is -0.396. The summed E-state index contributed by atoms with van der Waals surface area (Å²) >= 11 is 8.05. The van der Waals surface area contributed by atoms with Crippen molar-refractivity contribution in [3.8, 4) is 0 Å². The van der Waals surface area contributed by atoms with E-state index >= 15 is 9.59 Å². The van der Waals surface area contributed by atoms with Gasteiger partial charge in [0.2, 0.25) is 59.1 Å². The Morgan fingerprint density at radius 1 is 0.352 bits per heavy atom. The highest BCUT2D eigenvalue weighted by atomic mass is 33.1. The average Bonchev–Trinajstić information content (AvgIpc) is 0.764. The summed E-state index contributed by atoms with van der Waals surface area (Å²) in [7, 11) is 6.25. The highest BCUT2D eigenvalue weighted by Gasteiger charge is 2.56. The standard InChI is InChI=1S/C95H183N23O19S5/c1-10-14-57-135-90(134)94(7,64-95(45-11-2,87(130)131)142-91(138)139-13-4)63-93(6,89(133)136-58-56-118(8)9)62-92(5,12-3)88(132)137-59-60-140-141-61-65(106)77(120)109-67(36-16-26-47-97)79(122)111-69(38-18-28-49-99)81(124)113-71(40-20-30-51-101)83(126)115-73(42-22-32-53-103)85(128)117-75(44-24-34-55-105)86(129)116-74(43-23-33-54-104)84(127)114-72(41-21-31-52-102)82(125)112-70(39-19-29-50-100)80(123)110-68(37-17-27-48-98)78(121)108-66(76(107)119)35-15-25-46-96/h65-75H,10-64,96-106H2,1-9H3,(H2,107,119)(H,108,121)(H,109,120)(H,110,123)(H,111,122)(H,112,125)(H,113,124)(H,114,127)(H,115,126)(H,116,129)(H,117,128)(H,130,131)/p+11. The number of aliphatic carboxylic acids is 1. The highest BCUT2D eigenvalue weighted by molar-refractivity contribution is 8.76. The van der Waals surface area contributed by atoms with Crippen molar-refractivity contribution in [2.45, 2.75) is 364 Å². The second kappa shape index (κ2) is 79.3. The predicted octanol–water partition coefficient (Wildman–Crippen LogP) is -5.58. The normalized spacial score (nSPS) is 15.5. The first-order valence-corrected chi connectivity index (χ1v) is 56.9. The Bertz CT molecular complexity index is 3700. The van der Waals surface area contributed by atoms with Crippen molar-refractivity contribution >= 4 is 150 Å². The molecule has 0 aliphatic carbocycles. The Kier molecular flexibility index (Phi) is 75.4. The molecule has 47 heteroatoms. The molecule has 0 aromatic carbocycles. The summed E-state index contributed by atoms with van der Waals surface area (Å²) in [6, 6.07) is -12.9. The minimum Gasteiger partial charge on any atom is -0.480 e. The third-order valence-corrected chi connectivity index (χ3v) is 30.2. The summed E-state index contributed by atoms with van der Waals surface area (Å²) in [5.74, 6) is -9.60. The number of ether oxygens (including phenoxy) is 3. The number of unbranched alkanes of at least 4 members (excludes halogenated alkanes) is 11. The summed E-state index contributed by atoms with van der Waals surface area (Å²) in [5.41, 5.74) is 44.9. The second-order valence-electron chi connectivity index (χ2n) is 38.3. The number of amides is 11. The van der Waals surface area contributed by atoms with Gasteiger partial charge in [0.1, 0.15) is 81.9 Å². The van der Waals surface area contributed by atoms with Gasteiger partial charge in [0, 0.05) is 12.3 Å². The number of likely N-dealkylation sites (N-methyl/N-ethyl adjacent to an activating group) is 1. The first-order chi connectivity index (χ1) is 67.6. The fourth-order valence-corrected chi connectivity index (χ4v) is 21.8. The number of primary amides is 1. The van der Waals surface area contributed by atoms with Gasteiger partial charge in [0.15, 0.2) is 6.04 Å². The molecule has 15 atom stereocenters. The Morgan fingerprint density at radius 2 is 0.613 bits per heavy atom. The van der Waals surface area contributed by atoms with Crippen molar-refractivity contribution in [2.24, 2.45) is 22.0 Å². The van der Waals surface area contributed by atoms with Gasteiger partial charge in [-0.15, -0.1) is 11.8 Å². The molecular formula is C95H194N23O19S5+11. The topological polar surface area (TPSA) is 758 Å². The maximum Gasteiger partial charge on any atom is 0.320 e. The minimum atomic E-state index is -1.61. The van der Waals surface area contributed by atoms with Gasteiger partial charge < -0.3 is 146 Å². The highest BCUT2D eigenvalue weighted by Crippen LogP contribution is 2.52. The summed E-state index contributed by atoms with van der Waals surface area (Å²) in [6.45, 7) is 18.1. The van der Waals surface area contributed by atoms with Crippen LogP contribution in [0, 0.1) is 16.2 Å². The van der Waals surface area contributed by atoms with Crippen LogP contribution in [0.3, 0.4) is 0 Å². The van der Waals surface area contributed by atoms with Crippen LogP contribution in [0.15, 0.2) is 0 Å². The number of esters is 3. The fraction of sp³-hybridized carbons (Fsp3) is 0.832. The van der Waals surface area contributed by atoms with E-state index in [1.165, 1.54) is 33.3 Å². The van der Waals surface area contributed by atoms with Gasteiger partial charge in [0.05, 0.1) is 94.1 Å². The van der Waals surface area contributed by atoms with E-state index in [9.17, 15) is 67.4 Å². The zero-order valence-corrected chi connectivity index (χ0v) is 92.0. The summed E-state index contributed by atoms with van der Waals surface area (Å²) < 4.78 is 16.7. The van der Waals surface area contributed by atoms with E-state index in [-0.39, 0.29) is 128 Å². The van der Waals surface area contributed by atoms with Crippen LogP contribution in [0.4, 0.5) is 0 Å². The molecule has 0 aromatic heterocycles. The maximum absolute atomic E-state index is 15.0. The van der Waals surface area contributed by atoms with E-state index in [4.69, 9.17) is 32.2 Å². The fourth-order valence-electron chi connectivity index (χ4n) is 16.5. The van der Waals surface area contributed by atoms with Crippen molar-refractivity contribution in [2.75, 3.05) is 123 Å². The first-order valence-electron chi connectivity index (χ1n) is 52.2. The molecule has 0 saturated heterocycles. The largest absolute Gasteiger partial charge is 0.480 e. The third kappa shape index (κ3) is 55.7. The monoisotopic (exact) mass is 2120 g/mol. The number of hydrogen-bond acceptors (Lipinski definition) is 24. The Balaban J connectivity index is 7.30. The number of carboxylic acid groups (broad SMARTS) is 1. The van der Waals surface area contributed by atoms with Gasteiger partial charge >= 0.3 is 23.9 Å². The Morgan fingerprint density at radius 3 is 0.873 bits per heavy atom. The number of thiocarbonyl (C=S) groups is 1. The van der Waals surface area contributed by atoms with E-state index in [2.05, 4.69) is 116 Å². The van der Waals surface area contributed by atoms with E-state index in [1.807, 2.05) is 39.8 Å². The molecular weight excluding hydrogens is 1930 g/mol. The molecule has 0 radical (unpaired) electrons. The first kappa shape index (κ1) is 135. The van der Waals surface area contributed by atoms with E-state index in [0.29, 0.717) is 229 Å². The van der Waals surface area contributed by atoms with Crippen LogP contribution in [0.2, 0.25) is 0 Å². The molecule has 0 rings (SSSR count). The molecule has 822 valence electrons. The molecule has 0 spiro atoms. The van der Waals surface area contributed by atoms with Crippen molar-refractivity contribution in [1.29, 1.82) is 0 Å². The van der Waals surface area contributed by atoms with Crippen molar-refractivity contribution in [3.63, 3.8) is 0 Å². The lowest BCUT2D eigenvalue weighted by atomic mass is 9.62. The maximum atomic E-state index is 15.0. The van der Waals surface area contributed by atoms with Gasteiger partial charge in [-0.05, 0) is 272 Å². The van der Waals surface area contributed by atoms with Gasteiger partial charge in [-0.2, -0.15) is 0 Å². The lowest BCUT2D eigenvalue weighted by Gasteiger charge is -2.43. The van der Waals surface area contributed by atoms with Crippen molar-refractivity contribution in [1.82, 2.24) is 58.1 Å². The number of nitrogens with one attached hydrogen (secondary N) is 10. The number of nitrogens with two attached hydrogens (primary N) is 1. The molecule has 46 N–H and O–H groups in total. The van der Waals surface area contributed by atoms with Gasteiger partial charge in [0.25, 0.3) is 5.91 Å². The molecule has 0 saturated carbocycles. The number of carbonyl (C=O) groups excluding carboxylic acids is 14. The zero-order chi connectivity index (χ0) is 107. The number of rotatable bonds is 88. The van der Waals surface area contributed by atoms with Crippen molar-refractivity contribution in [3.05, 3.63) is 0 Å². The molecule has 0 aromatic rings. The average molecular weight is 2120 g/mol. The van der Waals surface area contributed by atoms with Crippen LogP contribution >= 0.6 is 57.3 Å². The van der Waals surface area contributed by atoms with Gasteiger partial charge in [-0.25, -0.2) is 0 Å². The molecule has 0 aliphatic heterocycles. The summed E-state index contributed by atoms with van der Waals surface area (Å²) in [6.07, 6.45) is 13.3. The van der Waals surface area contributed by atoms with E-state index < -0.39 is 176 Å². The van der Waals surface area contributed by atoms with Crippen LogP contribution in [0.1, 0.15) is 292 Å². The Hall–Kier alpha value is -6.94. The molecule has 15 unspecified atom stereocenters. The SMILES string of the molecule is CCCCOC(=O)C(C)(CC(C)(CC(C)(CC)C(=O)OCCSSCC([NH3+])C(=O)NC(CCCC[NH3+])C(=O)NC(CCCC[NH3+])C(=O)NC(CCCC[NH3+])C(=O)NC(CCCC[NH3+])C(=O)NC(CCCC[NH3+])C(=O)NC(CCCC[NH3+])C(=O)NC(CCCC[NH3+])C(=O)NC(CCCC[NH3+])C(=O)NC(CCCC[NH3+])C(=O)NC(CCCC[NH3+])C(N)=O)C(=O)OCCN(C)C)CC(CCC)(SC(=S)SCC)C(=O)O. The quantitative estimate of drug-likeness (QED) is 0.00888. The number of thioether (sulfide) groups is 2. The molecule has 0 aliphatic rings. The minimum absolute atomic E-state index is 0.00526. The molecule has 11 amide bonds. The van der Waals surface area contributed by atoms with Crippen LogP contribution in [0.5, 0.6) is 0 Å². The number of hydrogen-bond donors (Lipinski definition) is 23. The van der Waals surface area contributed by atoms with Crippen molar-refractivity contribution < 1.29 is 154 Å². The van der Waals surface area contributed by atoms with E-state index in [0.717, 1.165) is 11.8 Å².